The zero-order chi connectivity index (χ0) is 11.6. The van der Waals surface area contributed by atoms with E-state index in [9.17, 15) is 4.79 Å². The van der Waals surface area contributed by atoms with E-state index in [-0.39, 0.29) is 18.0 Å². The minimum Gasteiger partial charge on any atom is -0.383 e. The van der Waals surface area contributed by atoms with Gasteiger partial charge in [-0.1, -0.05) is 0 Å². The van der Waals surface area contributed by atoms with Gasteiger partial charge in [-0.25, -0.2) is 4.98 Å². The fourth-order valence-electron chi connectivity index (χ4n) is 1.44. The van der Waals surface area contributed by atoms with Crippen molar-refractivity contribution in [2.45, 2.75) is 32.7 Å². The van der Waals surface area contributed by atoms with Gasteiger partial charge in [0.15, 0.2) is 5.78 Å². The van der Waals surface area contributed by atoms with Gasteiger partial charge in [0.1, 0.15) is 5.82 Å². The minimum absolute atomic E-state index is 0.0504. The molecule has 0 saturated carbocycles. The summed E-state index contributed by atoms with van der Waals surface area (Å²) in [4.78, 5) is 15.8. The molecule has 15 heavy (non-hydrogen) atoms. The number of ketones is 1. The predicted octanol–water partition coefficient (Wildman–Crippen LogP) is 1.28. The van der Waals surface area contributed by atoms with Gasteiger partial charge in [0.05, 0.1) is 5.56 Å². The van der Waals surface area contributed by atoms with Crippen molar-refractivity contribution in [2.24, 2.45) is 5.73 Å². The van der Waals surface area contributed by atoms with Crippen LogP contribution in [0, 0.1) is 6.92 Å². The summed E-state index contributed by atoms with van der Waals surface area (Å²) in [5, 5.41) is 0. The fraction of sp³-hybridized carbons (Fsp3) is 0.455. The summed E-state index contributed by atoms with van der Waals surface area (Å²) in [7, 11) is 0. The molecule has 0 spiro atoms. The molecule has 0 saturated heterocycles. The summed E-state index contributed by atoms with van der Waals surface area (Å²) in [6, 6.07) is 1.77. The summed E-state index contributed by atoms with van der Waals surface area (Å²) in [6.07, 6.45) is 1.86. The number of nitrogen functional groups attached to an aromatic ring is 1. The third kappa shape index (κ3) is 3.02. The molecule has 0 aromatic carbocycles. The second kappa shape index (κ2) is 3.98. The Hall–Kier alpha value is -1.42. The first kappa shape index (κ1) is 11.7. The zero-order valence-corrected chi connectivity index (χ0v) is 9.37. The van der Waals surface area contributed by atoms with Gasteiger partial charge >= 0.3 is 0 Å². The lowest BCUT2D eigenvalue weighted by Crippen LogP contribution is -2.35. The van der Waals surface area contributed by atoms with Gasteiger partial charge in [0.25, 0.3) is 0 Å². The Morgan fingerprint density at radius 3 is 2.60 bits per heavy atom. The summed E-state index contributed by atoms with van der Waals surface area (Å²) >= 11 is 0. The lowest BCUT2D eigenvalue weighted by Gasteiger charge is -2.18. The Morgan fingerprint density at radius 2 is 2.13 bits per heavy atom. The standard InChI is InChI=1S/C11H17N3O/c1-7-4-5-14-10(12)9(7)8(15)6-11(2,3)13/h4-5H,6,13H2,1-3H3,(H2,12,14). The number of carbonyl (C=O) groups is 1. The molecular formula is C11H17N3O. The van der Waals surface area contributed by atoms with E-state index >= 15 is 0 Å². The van der Waals surface area contributed by atoms with E-state index in [1.807, 2.05) is 20.8 Å². The van der Waals surface area contributed by atoms with E-state index in [1.54, 1.807) is 12.3 Å². The molecule has 0 aliphatic heterocycles. The number of pyridine rings is 1. The van der Waals surface area contributed by atoms with E-state index in [0.29, 0.717) is 5.56 Å². The van der Waals surface area contributed by atoms with Crippen LogP contribution in [-0.2, 0) is 0 Å². The first-order valence-corrected chi connectivity index (χ1v) is 4.84. The molecule has 0 atom stereocenters. The number of anilines is 1. The van der Waals surface area contributed by atoms with Crippen LogP contribution in [0.5, 0.6) is 0 Å². The molecule has 0 amide bonds. The van der Waals surface area contributed by atoms with Gasteiger partial charge in [-0.2, -0.15) is 0 Å². The van der Waals surface area contributed by atoms with Crippen molar-refractivity contribution in [3.8, 4) is 0 Å². The van der Waals surface area contributed by atoms with Crippen LogP contribution in [0.4, 0.5) is 5.82 Å². The van der Waals surface area contributed by atoms with Gasteiger partial charge in [0.2, 0.25) is 0 Å². The van der Waals surface area contributed by atoms with Crippen molar-refractivity contribution >= 4 is 11.6 Å². The highest BCUT2D eigenvalue weighted by molar-refractivity contribution is 6.01. The number of nitrogens with zero attached hydrogens (tertiary/aromatic N) is 1. The maximum absolute atomic E-state index is 11.9. The Morgan fingerprint density at radius 1 is 1.53 bits per heavy atom. The van der Waals surface area contributed by atoms with E-state index in [2.05, 4.69) is 4.98 Å². The van der Waals surface area contributed by atoms with Crippen molar-refractivity contribution < 1.29 is 4.79 Å². The molecule has 1 rings (SSSR count). The average molecular weight is 207 g/mol. The topological polar surface area (TPSA) is 82.0 Å². The number of carbonyl (C=O) groups excluding carboxylic acids is 1. The smallest absolute Gasteiger partial charge is 0.168 e. The second-order valence-corrected chi connectivity index (χ2v) is 4.48. The number of aryl methyl sites for hydroxylation is 1. The second-order valence-electron chi connectivity index (χ2n) is 4.48. The predicted molar refractivity (Wildman–Crippen MR) is 60.6 cm³/mol. The maximum Gasteiger partial charge on any atom is 0.168 e. The SMILES string of the molecule is Cc1ccnc(N)c1C(=O)CC(C)(C)N. The van der Waals surface area contributed by atoms with Crippen LogP contribution in [0.3, 0.4) is 0 Å². The van der Waals surface area contributed by atoms with Crippen molar-refractivity contribution in [3.63, 3.8) is 0 Å². The van der Waals surface area contributed by atoms with E-state index in [1.165, 1.54) is 0 Å². The van der Waals surface area contributed by atoms with Gasteiger partial charge in [0, 0.05) is 18.2 Å². The Labute approximate surface area is 89.7 Å². The van der Waals surface area contributed by atoms with E-state index in [4.69, 9.17) is 11.5 Å². The van der Waals surface area contributed by atoms with Crippen LogP contribution in [-0.4, -0.2) is 16.3 Å². The number of rotatable bonds is 3. The Balaban J connectivity index is 3.02. The first-order chi connectivity index (χ1) is 6.81. The molecule has 0 aliphatic carbocycles. The summed E-state index contributed by atoms with van der Waals surface area (Å²) in [6.45, 7) is 5.47. The number of aromatic nitrogens is 1. The molecule has 0 bridgehead atoms. The summed E-state index contributed by atoms with van der Waals surface area (Å²) < 4.78 is 0. The van der Waals surface area contributed by atoms with Crippen LogP contribution in [0.2, 0.25) is 0 Å². The van der Waals surface area contributed by atoms with Gasteiger partial charge < -0.3 is 11.5 Å². The quantitative estimate of drug-likeness (QED) is 0.731. The highest BCUT2D eigenvalue weighted by atomic mass is 16.1. The van der Waals surface area contributed by atoms with Gasteiger partial charge in [-0.3, -0.25) is 4.79 Å². The molecule has 1 heterocycles. The van der Waals surface area contributed by atoms with Crippen molar-refractivity contribution in [3.05, 3.63) is 23.4 Å². The summed E-state index contributed by atoms with van der Waals surface area (Å²) in [5.74, 6) is 0.231. The molecule has 0 radical (unpaired) electrons. The maximum atomic E-state index is 11.9. The highest BCUT2D eigenvalue weighted by Gasteiger charge is 2.21. The molecule has 4 heteroatoms. The molecule has 0 aliphatic rings. The molecule has 4 N–H and O–H groups in total. The van der Waals surface area contributed by atoms with E-state index < -0.39 is 5.54 Å². The van der Waals surface area contributed by atoms with E-state index in [0.717, 1.165) is 5.56 Å². The molecule has 82 valence electrons. The van der Waals surface area contributed by atoms with Gasteiger partial charge in [-0.05, 0) is 32.4 Å². The van der Waals surface area contributed by atoms with Crippen LogP contribution in [0.25, 0.3) is 0 Å². The van der Waals surface area contributed by atoms with Crippen molar-refractivity contribution in [1.29, 1.82) is 0 Å². The number of nitrogens with two attached hydrogens (primary N) is 2. The van der Waals surface area contributed by atoms with Crippen LogP contribution < -0.4 is 11.5 Å². The third-order valence-corrected chi connectivity index (χ3v) is 2.08. The number of hydrogen-bond acceptors (Lipinski definition) is 4. The summed E-state index contributed by atoms with van der Waals surface area (Å²) in [5.41, 5.74) is 12.3. The monoisotopic (exact) mass is 207 g/mol. The third-order valence-electron chi connectivity index (χ3n) is 2.08. The molecule has 4 nitrogen and oxygen atoms in total. The fourth-order valence-corrected chi connectivity index (χ4v) is 1.44. The van der Waals surface area contributed by atoms with Gasteiger partial charge in [-0.15, -0.1) is 0 Å². The molecule has 0 unspecified atom stereocenters. The Kier molecular flexibility index (Phi) is 3.09. The van der Waals surface area contributed by atoms with Crippen LogP contribution >= 0.6 is 0 Å². The number of Topliss-reactive ketones (excluding diaryl/α,β-unsaturated/α-hetero) is 1. The normalized spacial score (nSPS) is 11.5. The molecule has 1 aromatic heterocycles. The first-order valence-electron chi connectivity index (χ1n) is 4.84. The van der Waals surface area contributed by atoms with Crippen molar-refractivity contribution in [2.75, 3.05) is 5.73 Å². The lowest BCUT2D eigenvalue weighted by molar-refractivity contribution is 0.0960. The molecule has 0 fully saturated rings. The highest BCUT2D eigenvalue weighted by Crippen LogP contribution is 2.18. The number of hydrogen-bond donors (Lipinski definition) is 2. The van der Waals surface area contributed by atoms with Crippen LogP contribution in [0.15, 0.2) is 12.3 Å². The van der Waals surface area contributed by atoms with Crippen LogP contribution in [0.1, 0.15) is 36.2 Å². The average Bonchev–Trinajstić information content (AvgIpc) is 1.99. The zero-order valence-electron chi connectivity index (χ0n) is 9.37. The molecular weight excluding hydrogens is 190 g/mol. The largest absolute Gasteiger partial charge is 0.383 e. The molecule has 1 aromatic rings. The minimum atomic E-state index is -0.522. The van der Waals surface area contributed by atoms with Crippen molar-refractivity contribution in [1.82, 2.24) is 4.98 Å². The Bertz CT molecular complexity index is 360. The lowest BCUT2D eigenvalue weighted by atomic mass is 9.94.